The molecule has 0 saturated carbocycles. The summed E-state index contributed by atoms with van der Waals surface area (Å²) in [4.78, 5) is 4.15. The first kappa shape index (κ1) is 14.1. The lowest BCUT2D eigenvalue weighted by Crippen LogP contribution is -1.93. The Morgan fingerprint density at radius 1 is 1.25 bits per heavy atom. The molecule has 4 heteroatoms. The molecule has 0 unspecified atom stereocenters. The minimum Gasteiger partial charge on any atom is -0.387 e. The molecule has 70 valence electrons. The van der Waals surface area contributed by atoms with Gasteiger partial charge in [-0.05, 0) is 25.5 Å². The average Bonchev–Trinajstić information content (AvgIpc) is 1.88. The van der Waals surface area contributed by atoms with Gasteiger partial charge in [0.05, 0.1) is 11.9 Å². The molecule has 0 saturated heterocycles. The number of anilines is 1. The fraction of sp³-hybridized carbons (Fsp3) is 0.375. The molecule has 0 radical (unpaired) electrons. The predicted octanol–water partition coefficient (Wildman–Crippen LogP) is 2.58. The number of halogens is 2. The van der Waals surface area contributed by atoms with Crippen molar-refractivity contribution in [3.63, 3.8) is 0 Å². The molecule has 0 aliphatic heterocycles. The first-order valence-corrected chi connectivity index (χ1v) is 3.35. The van der Waals surface area contributed by atoms with Crippen LogP contribution in [0.25, 0.3) is 0 Å². The highest BCUT2D eigenvalue weighted by Gasteiger charge is 1.93. The van der Waals surface area contributed by atoms with Crippen LogP contribution in [0.1, 0.15) is 11.3 Å². The Morgan fingerprint density at radius 3 is 2.25 bits per heavy atom. The summed E-state index contributed by atoms with van der Waals surface area (Å²) >= 11 is 0. The Hall–Kier alpha value is -0.470. The van der Waals surface area contributed by atoms with E-state index in [0.29, 0.717) is 0 Å². The Labute approximate surface area is 85.6 Å². The minimum absolute atomic E-state index is 0. The number of nitrogens with one attached hydrogen (secondary N) is 1. The maximum Gasteiger partial charge on any atom is 0.0554 e. The zero-order valence-corrected chi connectivity index (χ0v) is 9.05. The van der Waals surface area contributed by atoms with Gasteiger partial charge in [0.1, 0.15) is 0 Å². The summed E-state index contributed by atoms with van der Waals surface area (Å²) in [6.45, 7) is 4.06. The van der Waals surface area contributed by atoms with E-state index in [9.17, 15) is 0 Å². The molecule has 0 spiro atoms. The van der Waals surface area contributed by atoms with E-state index in [-0.39, 0.29) is 24.8 Å². The van der Waals surface area contributed by atoms with Gasteiger partial charge >= 0.3 is 0 Å². The Bertz CT molecular complexity index is 238. The number of aromatic nitrogens is 1. The van der Waals surface area contributed by atoms with Gasteiger partial charge in [-0.25, -0.2) is 0 Å². The fourth-order valence-electron chi connectivity index (χ4n) is 0.958. The van der Waals surface area contributed by atoms with E-state index in [0.717, 1.165) is 11.4 Å². The van der Waals surface area contributed by atoms with Gasteiger partial charge in [-0.1, -0.05) is 0 Å². The SMILES string of the molecule is CNc1cnc(C)cc1C.Cl.Cl. The maximum atomic E-state index is 4.15. The smallest absolute Gasteiger partial charge is 0.0554 e. The first-order valence-electron chi connectivity index (χ1n) is 3.35. The van der Waals surface area contributed by atoms with Crippen molar-refractivity contribution in [3.05, 3.63) is 23.5 Å². The van der Waals surface area contributed by atoms with Crippen LogP contribution in [0.15, 0.2) is 12.3 Å². The summed E-state index contributed by atoms with van der Waals surface area (Å²) in [5.41, 5.74) is 3.41. The van der Waals surface area contributed by atoms with Crippen molar-refractivity contribution in [3.8, 4) is 0 Å². The van der Waals surface area contributed by atoms with Crippen molar-refractivity contribution < 1.29 is 0 Å². The lowest BCUT2D eigenvalue weighted by Gasteiger charge is -2.03. The van der Waals surface area contributed by atoms with Gasteiger partial charge in [-0.2, -0.15) is 0 Å². The lowest BCUT2D eigenvalue weighted by molar-refractivity contribution is 1.17. The highest BCUT2D eigenvalue weighted by molar-refractivity contribution is 5.85. The quantitative estimate of drug-likeness (QED) is 0.768. The van der Waals surface area contributed by atoms with E-state index in [4.69, 9.17) is 0 Å². The number of hydrogen-bond donors (Lipinski definition) is 1. The average molecular weight is 209 g/mol. The molecule has 1 aromatic rings. The topological polar surface area (TPSA) is 24.9 Å². The monoisotopic (exact) mass is 208 g/mol. The van der Waals surface area contributed by atoms with Crippen molar-refractivity contribution in [1.29, 1.82) is 0 Å². The second kappa shape index (κ2) is 6.09. The molecule has 0 bridgehead atoms. The summed E-state index contributed by atoms with van der Waals surface area (Å²) in [6, 6.07) is 2.06. The molecule has 0 fully saturated rings. The Kier molecular flexibility index (Phi) is 7.15. The summed E-state index contributed by atoms with van der Waals surface area (Å²) in [5, 5.41) is 3.06. The highest BCUT2D eigenvalue weighted by Crippen LogP contribution is 2.11. The third-order valence-corrected chi connectivity index (χ3v) is 1.52. The van der Waals surface area contributed by atoms with Gasteiger partial charge in [-0.3, -0.25) is 4.98 Å². The summed E-state index contributed by atoms with van der Waals surface area (Å²) in [6.07, 6.45) is 1.85. The van der Waals surface area contributed by atoms with E-state index in [1.54, 1.807) is 0 Å². The third-order valence-electron chi connectivity index (χ3n) is 1.52. The molecule has 2 nitrogen and oxygen atoms in total. The van der Waals surface area contributed by atoms with E-state index in [2.05, 4.69) is 23.3 Å². The first-order chi connectivity index (χ1) is 4.74. The molecule has 1 N–H and O–H groups in total. The standard InChI is InChI=1S/C8H12N2.2ClH/c1-6-4-7(2)10-5-8(6)9-3;;/h4-5,9H,1-3H3;2*1H. The van der Waals surface area contributed by atoms with Crippen LogP contribution in [-0.4, -0.2) is 12.0 Å². The third kappa shape index (κ3) is 3.28. The predicted molar refractivity (Wildman–Crippen MR) is 57.8 cm³/mol. The van der Waals surface area contributed by atoms with E-state index in [1.807, 2.05) is 20.2 Å². The summed E-state index contributed by atoms with van der Waals surface area (Å²) in [7, 11) is 1.90. The molecule has 0 aliphatic rings. The normalized spacial score (nSPS) is 7.92. The fourth-order valence-corrected chi connectivity index (χ4v) is 0.958. The number of aryl methyl sites for hydroxylation is 2. The van der Waals surface area contributed by atoms with Crippen LogP contribution in [-0.2, 0) is 0 Å². The summed E-state index contributed by atoms with van der Waals surface area (Å²) in [5.74, 6) is 0. The molecule has 1 aromatic heterocycles. The molecule has 0 aliphatic carbocycles. The van der Waals surface area contributed by atoms with Gasteiger partial charge in [0, 0.05) is 12.7 Å². The maximum absolute atomic E-state index is 4.15. The summed E-state index contributed by atoms with van der Waals surface area (Å²) < 4.78 is 0. The van der Waals surface area contributed by atoms with Crippen LogP contribution >= 0.6 is 24.8 Å². The second-order valence-corrected chi connectivity index (χ2v) is 2.39. The number of nitrogens with zero attached hydrogens (tertiary/aromatic N) is 1. The van der Waals surface area contributed by atoms with Crippen LogP contribution in [0, 0.1) is 13.8 Å². The highest BCUT2D eigenvalue weighted by atomic mass is 35.5. The van der Waals surface area contributed by atoms with Gasteiger partial charge in [0.15, 0.2) is 0 Å². The zero-order chi connectivity index (χ0) is 7.56. The van der Waals surface area contributed by atoms with Gasteiger partial charge in [-0.15, -0.1) is 24.8 Å². The molecular formula is C8H14Cl2N2. The van der Waals surface area contributed by atoms with Gasteiger partial charge in [0.25, 0.3) is 0 Å². The van der Waals surface area contributed by atoms with Crippen LogP contribution in [0.4, 0.5) is 5.69 Å². The zero-order valence-electron chi connectivity index (χ0n) is 7.42. The van der Waals surface area contributed by atoms with Crippen molar-refractivity contribution in [1.82, 2.24) is 4.98 Å². The van der Waals surface area contributed by atoms with Crippen LogP contribution < -0.4 is 5.32 Å². The van der Waals surface area contributed by atoms with Crippen LogP contribution in [0.2, 0.25) is 0 Å². The molecule has 0 amide bonds. The molecule has 0 aromatic carbocycles. The molecule has 1 rings (SSSR count). The van der Waals surface area contributed by atoms with Crippen LogP contribution in [0.5, 0.6) is 0 Å². The molecule has 0 atom stereocenters. The van der Waals surface area contributed by atoms with Gasteiger partial charge < -0.3 is 5.32 Å². The Balaban J connectivity index is 0. The minimum atomic E-state index is 0. The van der Waals surface area contributed by atoms with Crippen molar-refractivity contribution in [2.75, 3.05) is 12.4 Å². The van der Waals surface area contributed by atoms with Crippen molar-refractivity contribution >= 4 is 30.5 Å². The second-order valence-electron chi connectivity index (χ2n) is 2.39. The van der Waals surface area contributed by atoms with E-state index < -0.39 is 0 Å². The Morgan fingerprint density at radius 2 is 1.83 bits per heavy atom. The number of pyridine rings is 1. The molecule has 12 heavy (non-hydrogen) atoms. The number of hydrogen-bond acceptors (Lipinski definition) is 2. The largest absolute Gasteiger partial charge is 0.387 e. The molecular weight excluding hydrogens is 195 g/mol. The van der Waals surface area contributed by atoms with Crippen molar-refractivity contribution in [2.45, 2.75) is 13.8 Å². The van der Waals surface area contributed by atoms with E-state index >= 15 is 0 Å². The van der Waals surface area contributed by atoms with Crippen molar-refractivity contribution in [2.24, 2.45) is 0 Å². The molecule has 1 heterocycles. The van der Waals surface area contributed by atoms with Crippen LogP contribution in [0.3, 0.4) is 0 Å². The van der Waals surface area contributed by atoms with Gasteiger partial charge in [0.2, 0.25) is 0 Å². The van der Waals surface area contributed by atoms with E-state index in [1.165, 1.54) is 5.56 Å². The number of rotatable bonds is 1. The lowest BCUT2D eigenvalue weighted by atomic mass is 10.2.